The Morgan fingerprint density at radius 2 is 1.78 bits per heavy atom. The lowest BCUT2D eigenvalue weighted by Gasteiger charge is -2.21. The van der Waals surface area contributed by atoms with Gasteiger partial charge in [0.25, 0.3) is 0 Å². The van der Waals surface area contributed by atoms with Crippen LogP contribution in [-0.2, 0) is 0 Å². The van der Waals surface area contributed by atoms with E-state index in [1.807, 2.05) is 56.5 Å². The molecule has 0 aliphatic carbocycles. The first kappa shape index (κ1) is 13.1. The van der Waals surface area contributed by atoms with E-state index in [0.29, 0.717) is 0 Å². The third-order valence-corrected chi connectivity index (χ3v) is 3.47. The molecular weight excluding hydrogens is 242 g/mol. The van der Waals surface area contributed by atoms with Gasteiger partial charge in [0, 0.05) is 4.88 Å². The van der Waals surface area contributed by atoms with Crippen LogP contribution >= 0.6 is 11.3 Å². The van der Waals surface area contributed by atoms with Gasteiger partial charge in [-0.2, -0.15) is 0 Å². The van der Waals surface area contributed by atoms with Gasteiger partial charge in [0.1, 0.15) is 11.4 Å². The fourth-order valence-corrected chi connectivity index (χ4v) is 2.48. The number of hydrogen-bond donors (Lipinski definition) is 1. The Bertz CT molecular complexity index is 482. The molecule has 0 bridgehead atoms. The molecule has 96 valence electrons. The maximum atomic E-state index is 6.21. The van der Waals surface area contributed by atoms with Crippen LogP contribution in [0.4, 0.5) is 0 Å². The topological polar surface area (TPSA) is 35.2 Å². The van der Waals surface area contributed by atoms with Gasteiger partial charge in [0.15, 0.2) is 0 Å². The smallest absolute Gasteiger partial charge is 0.120 e. The van der Waals surface area contributed by atoms with Gasteiger partial charge in [-0.1, -0.05) is 18.2 Å². The standard InChI is InChI=1S/C15H19NOS/c1-15(2,3)17-12-8-6-11(7-9-12)14(16)13-5-4-10-18-13/h4-10,14H,16H2,1-3H3/t14-/m1/s1. The molecule has 18 heavy (non-hydrogen) atoms. The van der Waals surface area contributed by atoms with Crippen LogP contribution in [-0.4, -0.2) is 5.60 Å². The lowest BCUT2D eigenvalue weighted by atomic mass is 10.1. The first-order chi connectivity index (χ1) is 8.46. The second-order valence-electron chi connectivity index (χ2n) is 5.28. The monoisotopic (exact) mass is 261 g/mol. The fourth-order valence-electron chi connectivity index (χ4n) is 1.73. The minimum Gasteiger partial charge on any atom is -0.488 e. The summed E-state index contributed by atoms with van der Waals surface area (Å²) in [6, 6.07) is 12.1. The van der Waals surface area contributed by atoms with Gasteiger partial charge in [-0.05, 0) is 49.9 Å². The average Bonchev–Trinajstić information content (AvgIpc) is 2.80. The molecule has 0 aliphatic rings. The van der Waals surface area contributed by atoms with Crippen molar-refractivity contribution in [1.29, 1.82) is 0 Å². The van der Waals surface area contributed by atoms with Gasteiger partial charge >= 0.3 is 0 Å². The molecule has 2 aromatic rings. The molecule has 2 N–H and O–H groups in total. The molecule has 1 aromatic heterocycles. The van der Waals surface area contributed by atoms with Crippen molar-refractivity contribution in [2.75, 3.05) is 0 Å². The predicted molar refractivity (Wildman–Crippen MR) is 77.2 cm³/mol. The second-order valence-corrected chi connectivity index (χ2v) is 6.26. The van der Waals surface area contributed by atoms with Crippen LogP contribution in [0.2, 0.25) is 0 Å². The summed E-state index contributed by atoms with van der Waals surface area (Å²) in [4.78, 5) is 1.18. The zero-order chi connectivity index (χ0) is 13.2. The molecule has 0 spiro atoms. The van der Waals surface area contributed by atoms with E-state index < -0.39 is 0 Å². The molecule has 0 radical (unpaired) electrons. The molecule has 0 saturated carbocycles. The van der Waals surface area contributed by atoms with Crippen LogP contribution in [0.5, 0.6) is 5.75 Å². The lowest BCUT2D eigenvalue weighted by Crippen LogP contribution is -2.22. The molecule has 3 heteroatoms. The van der Waals surface area contributed by atoms with Crippen molar-refractivity contribution in [3.05, 3.63) is 52.2 Å². The van der Waals surface area contributed by atoms with E-state index in [1.165, 1.54) is 4.88 Å². The van der Waals surface area contributed by atoms with Crippen molar-refractivity contribution in [3.8, 4) is 5.75 Å². The predicted octanol–water partition coefficient (Wildman–Crippen LogP) is 3.97. The largest absolute Gasteiger partial charge is 0.488 e. The van der Waals surface area contributed by atoms with E-state index in [2.05, 4.69) is 6.07 Å². The highest BCUT2D eigenvalue weighted by Crippen LogP contribution is 2.26. The normalized spacial score (nSPS) is 13.3. The van der Waals surface area contributed by atoms with Crippen LogP contribution in [0.15, 0.2) is 41.8 Å². The van der Waals surface area contributed by atoms with Crippen molar-refractivity contribution in [2.24, 2.45) is 5.73 Å². The van der Waals surface area contributed by atoms with E-state index in [4.69, 9.17) is 10.5 Å². The van der Waals surface area contributed by atoms with Crippen LogP contribution in [0, 0.1) is 0 Å². The minimum absolute atomic E-state index is 0.0475. The molecule has 1 atom stereocenters. The molecule has 1 heterocycles. The number of rotatable bonds is 3. The SMILES string of the molecule is CC(C)(C)Oc1ccc([C@@H](N)c2cccs2)cc1. The van der Waals surface area contributed by atoms with Gasteiger partial charge in [0.05, 0.1) is 6.04 Å². The number of hydrogen-bond acceptors (Lipinski definition) is 3. The maximum Gasteiger partial charge on any atom is 0.120 e. The van der Waals surface area contributed by atoms with E-state index >= 15 is 0 Å². The minimum atomic E-state index is -0.169. The van der Waals surface area contributed by atoms with E-state index in [0.717, 1.165) is 11.3 Å². The molecule has 0 amide bonds. The first-order valence-electron chi connectivity index (χ1n) is 6.04. The summed E-state index contributed by atoms with van der Waals surface area (Å²) in [6.45, 7) is 6.12. The molecule has 0 aliphatic heterocycles. The van der Waals surface area contributed by atoms with Crippen molar-refractivity contribution in [3.63, 3.8) is 0 Å². The summed E-state index contributed by atoms with van der Waals surface area (Å²) >= 11 is 1.68. The third-order valence-electron chi connectivity index (χ3n) is 2.51. The number of thiophene rings is 1. The van der Waals surface area contributed by atoms with Crippen LogP contribution in [0.25, 0.3) is 0 Å². The Balaban J connectivity index is 2.13. The van der Waals surface area contributed by atoms with Crippen LogP contribution in [0.3, 0.4) is 0 Å². The fraction of sp³-hybridized carbons (Fsp3) is 0.333. The van der Waals surface area contributed by atoms with Crippen LogP contribution in [0.1, 0.15) is 37.3 Å². The molecule has 1 aromatic carbocycles. The summed E-state index contributed by atoms with van der Waals surface area (Å²) in [5.41, 5.74) is 7.15. The quantitative estimate of drug-likeness (QED) is 0.907. The Labute approximate surface area is 112 Å². The summed E-state index contributed by atoms with van der Waals surface area (Å²) in [5.74, 6) is 0.879. The van der Waals surface area contributed by atoms with Crippen molar-refractivity contribution >= 4 is 11.3 Å². The van der Waals surface area contributed by atoms with E-state index in [1.54, 1.807) is 11.3 Å². The molecule has 0 fully saturated rings. The Hall–Kier alpha value is -1.32. The van der Waals surface area contributed by atoms with Crippen molar-refractivity contribution in [1.82, 2.24) is 0 Å². The van der Waals surface area contributed by atoms with Crippen LogP contribution < -0.4 is 10.5 Å². The lowest BCUT2D eigenvalue weighted by molar-refractivity contribution is 0.131. The Morgan fingerprint density at radius 1 is 1.11 bits per heavy atom. The molecule has 0 saturated heterocycles. The molecule has 0 unspecified atom stereocenters. The molecule has 2 nitrogen and oxygen atoms in total. The summed E-state index contributed by atoms with van der Waals surface area (Å²) < 4.78 is 5.79. The molecular formula is C15H19NOS. The van der Waals surface area contributed by atoms with E-state index in [-0.39, 0.29) is 11.6 Å². The Morgan fingerprint density at radius 3 is 2.28 bits per heavy atom. The molecule has 2 rings (SSSR count). The van der Waals surface area contributed by atoms with Crippen molar-refractivity contribution in [2.45, 2.75) is 32.4 Å². The summed E-state index contributed by atoms with van der Waals surface area (Å²) in [5, 5.41) is 2.05. The Kier molecular flexibility index (Phi) is 3.73. The summed E-state index contributed by atoms with van der Waals surface area (Å²) in [6.07, 6.45) is 0. The maximum absolute atomic E-state index is 6.21. The summed E-state index contributed by atoms with van der Waals surface area (Å²) in [7, 11) is 0. The first-order valence-corrected chi connectivity index (χ1v) is 6.92. The van der Waals surface area contributed by atoms with Gasteiger partial charge in [0.2, 0.25) is 0 Å². The van der Waals surface area contributed by atoms with Gasteiger partial charge in [-0.15, -0.1) is 11.3 Å². The van der Waals surface area contributed by atoms with Gasteiger partial charge < -0.3 is 10.5 Å². The highest BCUT2D eigenvalue weighted by Gasteiger charge is 2.13. The van der Waals surface area contributed by atoms with Gasteiger partial charge in [-0.3, -0.25) is 0 Å². The number of ether oxygens (including phenoxy) is 1. The zero-order valence-corrected chi connectivity index (χ0v) is 11.8. The van der Waals surface area contributed by atoms with Gasteiger partial charge in [-0.25, -0.2) is 0 Å². The zero-order valence-electron chi connectivity index (χ0n) is 11.0. The highest BCUT2D eigenvalue weighted by molar-refractivity contribution is 7.10. The average molecular weight is 261 g/mol. The third kappa shape index (κ3) is 3.34. The van der Waals surface area contributed by atoms with Crippen molar-refractivity contribution < 1.29 is 4.74 Å². The second kappa shape index (κ2) is 5.12. The van der Waals surface area contributed by atoms with E-state index in [9.17, 15) is 0 Å². The highest BCUT2D eigenvalue weighted by atomic mass is 32.1. The number of benzene rings is 1. The number of nitrogens with two attached hydrogens (primary N) is 1.